The topological polar surface area (TPSA) is 80.9 Å². The maximum absolute atomic E-state index is 12.0. The average Bonchev–Trinajstić information content (AvgIpc) is 3.02. The van der Waals surface area contributed by atoms with Gasteiger partial charge in [-0.2, -0.15) is 0 Å². The third kappa shape index (κ3) is 6.36. The summed E-state index contributed by atoms with van der Waals surface area (Å²) in [4.78, 5) is 20.6. The van der Waals surface area contributed by atoms with Gasteiger partial charge in [-0.3, -0.25) is 9.78 Å². The Morgan fingerprint density at radius 1 is 1.33 bits per heavy atom. The van der Waals surface area contributed by atoms with Crippen molar-refractivity contribution in [3.05, 3.63) is 35.6 Å². The van der Waals surface area contributed by atoms with E-state index < -0.39 is 0 Å². The highest BCUT2D eigenvalue weighted by Gasteiger charge is 2.21. The van der Waals surface area contributed by atoms with E-state index in [2.05, 4.69) is 15.3 Å². The summed E-state index contributed by atoms with van der Waals surface area (Å²) < 4.78 is 0. The van der Waals surface area contributed by atoms with E-state index in [-0.39, 0.29) is 42.7 Å². The van der Waals surface area contributed by atoms with Crippen LogP contribution in [-0.4, -0.2) is 28.0 Å². The van der Waals surface area contributed by atoms with Crippen molar-refractivity contribution in [3.8, 4) is 10.6 Å². The van der Waals surface area contributed by atoms with Crippen LogP contribution < -0.4 is 11.1 Å². The number of nitrogens with zero attached hydrogens (tertiary/aromatic N) is 2. The molecule has 0 bridgehead atoms. The Hall–Kier alpha value is -1.21. The number of hydrogen-bond donors (Lipinski definition) is 2. The van der Waals surface area contributed by atoms with Crippen LogP contribution >= 0.6 is 36.2 Å². The van der Waals surface area contributed by atoms with Crippen LogP contribution in [0.15, 0.2) is 29.9 Å². The Morgan fingerprint density at radius 3 is 2.62 bits per heavy atom. The second kappa shape index (κ2) is 10.6. The van der Waals surface area contributed by atoms with Crippen molar-refractivity contribution in [2.45, 2.75) is 38.6 Å². The molecule has 3 N–H and O–H groups in total. The summed E-state index contributed by atoms with van der Waals surface area (Å²) >= 11 is 1.52. The van der Waals surface area contributed by atoms with Gasteiger partial charge in [-0.05, 0) is 25.0 Å². The van der Waals surface area contributed by atoms with Crippen LogP contribution in [0, 0.1) is 0 Å². The van der Waals surface area contributed by atoms with Gasteiger partial charge in [0.25, 0.3) is 0 Å². The van der Waals surface area contributed by atoms with Crippen molar-refractivity contribution >= 4 is 42.1 Å². The van der Waals surface area contributed by atoms with Crippen molar-refractivity contribution in [2.75, 3.05) is 6.54 Å². The molecular formula is C16H24Cl2N4OS. The van der Waals surface area contributed by atoms with Gasteiger partial charge in [0.05, 0.1) is 12.1 Å². The Bertz CT molecular complexity index is 618. The van der Waals surface area contributed by atoms with Crippen LogP contribution in [0.1, 0.15) is 32.4 Å². The molecule has 0 saturated heterocycles. The zero-order valence-electron chi connectivity index (χ0n) is 13.8. The molecule has 2 aromatic heterocycles. The molecule has 0 radical (unpaired) electrons. The third-order valence-electron chi connectivity index (χ3n) is 3.85. The Balaban J connectivity index is 0.00000264. The van der Waals surface area contributed by atoms with Gasteiger partial charge >= 0.3 is 0 Å². The van der Waals surface area contributed by atoms with Crippen molar-refractivity contribution < 1.29 is 4.79 Å². The van der Waals surface area contributed by atoms with E-state index in [1.165, 1.54) is 11.3 Å². The highest BCUT2D eigenvalue weighted by atomic mass is 35.5. The van der Waals surface area contributed by atoms with Gasteiger partial charge in [-0.1, -0.05) is 13.8 Å². The second-order valence-electron chi connectivity index (χ2n) is 5.41. The molecule has 0 atom stereocenters. The van der Waals surface area contributed by atoms with Crippen molar-refractivity contribution in [1.82, 2.24) is 15.3 Å². The van der Waals surface area contributed by atoms with Gasteiger partial charge < -0.3 is 11.1 Å². The lowest BCUT2D eigenvalue weighted by molar-refractivity contribution is -0.120. The van der Waals surface area contributed by atoms with Crippen LogP contribution in [0.4, 0.5) is 0 Å². The largest absolute Gasteiger partial charge is 0.354 e. The number of amides is 1. The number of hydrogen-bond acceptors (Lipinski definition) is 5. The standard InChI is InChI=1S/C16H22N4OS.2ClH/c1-3-16(17,4-2)11-19-14(21)8-13-10-22-15(20-13)12-6-5-7-18-9-12;;/h5-7,9-10H,3-4,8,11,17H2,1-2H3,(H,19,21);2*1H. The minimum atomic E-state index is -0.321. The number of pyridine rings is 1. The van der Waals surface area contributed by atoms with E-state index in [0.717, 1.165) is 29.1 Å². The predicted octanol–water partition coefficient (Wildman–Crippen LogP) is 3.22. The molecule has 0 fully saturated rings. The molecule has 0 saturated carbocycles. The van der Waals surface area contributed by atoms with E-state index in [0.29, 0.717) is 6.54 Å². The number of nitrogens with one attached hydrogen (secondary N) is 1. The summed E-state index contributed by atoms with van der Waals surface area (Å²) in [6, 6.07) is 3.83. The fourth-order valence-electron chi connectivity index (χ4n) is 2.01. The number of carbonyl (C=O) groups is 1. The first-order chi connectivity index (χ1) is 10.6. The highest BCUT2D eigenvalue weighted by molar-refractivity contribution is 7.13. The lowest BCUT2D eigenvalue weighted by Crippen LogP contribution is -2.49. The van der Waals surface area contributed by atoms with E-state index in [4.69, 9.17) is 5.73 Å². The molecule has 0 aliphatic heterocycles. The Morgan fingerprint density at radius 2 is 2.04 bits per heavy atom. The maximum Gasteiger partial charge on any atom is 0.226 e. The van der Waals surface area contributed by atoms with Crippen LogP contribution in [0.2, 0.25) is 0 Å². The smallest absolute Gasteiger partial charge is 0.226 e. The molecule has 0 aliphatic carbocycles. The molecule has 0 aliphatic rings. The van der Waals surface area contributed by atoms with Gasteiger partial charge in [-0.25, -0.2) is 4.98 Å². The zero-order valence-corrected chi connectivity index (χ0v) is 16.3. The van der Waals surface area contributed by atoms with Gasteiger partial charge in [0, 0.05) is 35.4 Å². The molecule has 2 heterocycles. The summed E-state index contributed by atoms with van der Waals surface area (Å²) in [7, 11) is 0. The first-order valence-corrected chi connectivity index (χ1v) is 8.34. The Labute approximate surface area is 159 Å². The molecule has 24 heavy (non-hydrogen) atoms. The van der Waals surface area contributed by atoms with Crippen LogP contribution in [0.3, 0.4) is 0 Å². The summed E-state index contributed by atoms with van der Waals surface area (Å²) in [5.74, 6) is -0.0419. The van der Waals surface area contributed by atoms with E-state index in [9.17, 15) is 4.79 Å². The van der Waals surface area contributed by atoms with E-state index >= 15 is 0 Å². The number of rotatable bonds is 7. The monoisotopic (exact) mass is 390 g/mol. The summed E-state index contributed by atoms with van der Waals surface area (Å²) in [6.45, 7) is 4.57. The van der Waals surface area contributed by atoms with Crippen LogP contribution in [-0.2, 0) is 11.2 Å². The van der Waals surface area contributed by atoms with Crippen molar-refractivity contribution in [2.24, 2.45) is 5.73 Å². The zero-order chi connectivity index (χ0) is 16.0. The summed E-state index contributed by atoms with van der Waals surface area (Å²) in [5.41, 5.74) is 7.61. The van der Waals surface area contributed by atoms with E-state index in [1.807, 2.05) is 31.4 Å². The number of carbonyl (C=O) groups excluding carboxylic acids is 1. The van der Waals surface area contributed by atoms with Gasteiger partial charge in [-0.15, -0.1) is 36.2 Å². The predicted molar refractivity (Wildman–Crippen MR) is 104 cm³/mol. The minimum absolute atomic E-state index is 0. The molecule has 8 heteroatoms. The lowest BCUT2D eigenvalue weighted by atomic mass is 9.94. The van der Waals surface area contributed by atoms with Gasteiger partial charge in [0.2, 0.25) is 5.91 Å². The quantitative estimate of drug-likeness (QED) is 0.760. The molecule has 2 aromatic rings. The van der Waals surface area contributed by atoms with Gasteiger partial charge in [0.1, 0.15) is 5.01 Å². The third-order valence-corrected chi connectivity index (χ3v) is 4.79. The first-order valence-electron chi connectivity index (χ1n) is 7.46. The Kier molecular flexibility index (Phi) is 10.1. The molecule has 0 unspecified atom stereocenters. The first kappa shape index (κ1) is 22.8. The second-order valence-corrected chi connectivity index (χ2v) is 6.27. The number of halogens is 2. The summed E-state index contributed by atoms with van der Waals surface area (Å²) in [5, 5.41) is 5.71. The summed E-state index contributed by atoms with van der Waals surface area (Å²) in [6.07, 6.45) is 5.46. The van der Waals surface area contributed by atoms with E-state index in [1.54, 1.807) is 12.4 Å². The molecule has 0 spiro atoms. The number of aromatic nitrogens is 2. The molecular weight excluding hydrogens is 367 g/mol. The highest BCUT2D eigenvalue weighted by Crippen LogP contribution is 2.22. The minimum Gasteiger partial charge on any atom is -0.354 e. The number of thiazole rings is 1. The molecule has 1 amide bonds. The molecule has 2 rings (SSSR count). The maximum atomic E-state index is 12.0. The SMILES string of the molecule is CCC(N)(CC)CNC(=O)Cc1csc(-c2cccnc2)n1.Cl.Cl. The van der Waals surface area contributed by atoms with Crippen LogP contribution in [0.5, 0.6) is 0 Å². The van der Waals surface area contributed by atoms with Crippen LogP contribution in [0.25, 0.3) is 10.6 Å². The normalized spacial score (nSPS) is 10.5. The molecule has 0 aromatic carbocycles. The number of nitrogens with two attached hydrogens (primary N) is 1. The molecule has 5 nitrogen and oxygen atoms in total. The van der Waals surface area contributed by atoms with Crippen molar-refractivity contribution in [3.63, 3.8) is 0 Å². The fraction of sp³-hybridized carbons (Fsp3) is 0.438. The lowest BCUT2D eigenvalue weighted by Gasteiger charge is -2.26. The average molecular weight is 391 g/mol. The van der Waals surface area contributed by atoms with Gasteiger partial charge in [0.15, 0.2) is 0 Å². The molecule has 134 valence electrons. The van der Waals surface area contributed by atoms with Crippen molar-refractivity contribution in [1.29, 1.82) is 0 Å². The fourth-order valence-corrected chi connectivity index (χ4v) is 2.82.